The number of carbonyl (C=O) groups is 1. The lowest BCUT2D eigenvalue weighted by molar-refractivity contribution is -0.119. The Morgan fingerprint density at radius 2 is 1.81 bits per heavy atom. The first-order chi connectivity index (χ1) is 10.2. The zero-order valence-corrected chi connectivity index (χ0v) is 13.0. The number of methoxy groups -OCH3 is 1. The molecule has 0 spiro atoms. The molecule has 110 valence electrons. The first kappa shape index (κ1) is 15.4. The van der Waals surface area contributed by atoms with Gasteiger partial charge in [-0.05, 0) is 36.8 Å². The molecule has 0 aliphatic carbocycles. The molecule has 2 rings (SSSR count). The van der Waals surface area contributed by atoms with Crippen molar-refractivity contribution in [2.45, 2.75) is 17.9 Å². The monoisotopic (exact) mass is 301 g/mol. The Kier molecular flexibility index (Phi) is 5.69. The number of benzene rings is 2. The van der Waals surface area contributed by atoms with Crippen LogP contribution in [-0.2, 0) is 4.79 Å². The molecule has 0 heterocycles. The lowest BCUT2D eigenvalue weighted by Gasteiger charge is -2.14. The number of thioether (sulfide) groups is 1. The second-order valence-electron chi connectivity index (χ2n) is 4.66. The first-order valence-electron chi connectivity index (χ1n) is 6.80. The number of amides is 1. The predicted molar refractivity (Wildman–Crippen MR) is 86.7 cm³/mol. The van der Waals surface area contributed by atoms with E-state index in [-0.39, 0.29) is 11.9 Å². The van der Waals surface area contributed by atoms with E-state index in [0.717, 1.165) is 16.2 Å². The molecule has 0 aromatic heterocycles. The molecular formula is C17H19NO2S. The van der Waals surface area contributed by atoms with Crippen LogP contribution in [0.15, 0.2) is 59.5 Å². The normalized spacial score (nSPS) is 11.7. The molecule has 1 N–H and O–H groups in total. The van der Waals surface area contributed by atoms with Crippen molar-refractivity contribution in [2.24, 2.45) is 0 Å². The second kappa shape index (κ2) is 7.74. The Balaban J connectivity index is 1.81. The zero-order valence-electron chi connectivity index (χ0n) is 12.2. The van der Waals surface area contributed by atoms with Gasteiger partial charge in [0.15, 0.2) is 0 Å². The maximum Gasteiger partial charge on any atom is 0.230 e. The Hall–Kier alpha value is -1.94. The van der Waals surface area contributed by atoms with Gasteiger partial charge in [0.2, 0.25) is 5.91 Å². The molecule has 0 saturated carbocycles. The first-order valence-corrected chi connectivity index (χ1v) is 7.79. The van der Waals surface area contributed by atoms with Crippen molar-refractivity contribution in [3.05, 3.63) is 60.2 Å². The molecule has 2 aromatic carbocycles. The third-order valence-corrected chi connectivity index (χ3v) is 4.12. The second-order valence-corrected chi connectivity index (χ2v) is 5.71. The topological polar surface area (TPSA) is 38.3 Å². The quantitative estimate of drug-likeness (QED) is 0.827. The molecule has 0 aliphatic rings. The molecule has 0 radical (unpaired) electrons. The summed E-state index contributed by atoms with van der Waals surface area (Å²) in [5.74, 6) is 1.26. The standard InChI is InChI=1S/C17H19NO2S/c1-13(14-6-4-3-5-7-14)18-17(19)12-21-16-10-8-15(20-2)9-11-16/h3-11,13H,12H2,1-2H3,(H,18,19)/t13-/m1/s1. The highest BCUT2D eigenvalue weighted by Crippen LogP contribution is 2.21. The molecule has 1 amide bonds. The van der Waals surface area contributed by atoms with E-state index in [2.05, 4.69) is 5.32 Å². The summed E-state index contributed by atoms with van der Waals surface area (Å²) < 4.78 is 5.11. The van der Waals surface area contributed by atoms with Crippen LogP contribution >= 0.6 is 11.8 Å². The van der Waals surface area contributed by atoms with Crippen molar-refractivity contribution in [1.29, 1.82) is 0 Å². The molecule has 2 aromatic rings. The van der Waals surface area contributed by atoms with Crippen molar-refractivity contribution >= 4 is 17.7 Å². The van der Waals surface area contributed by atoms with Gasteiger partial charge in [-0.15, -0.1) is 11.8 Å². The van der Waals surface area contributed by atoms with Crippen molar-refractivity contribution in [1.82, 2.24) is 5.32 Å². The molecule has 0 unspecified atom stereocenters. The van der Waals surface area contributed by atoms with Crippen LogP contribution in [0, 0.1) is 0 Å². The largest absolute Gasteiger partial charge is 0.497 e. The summed E-state index contributed by atoms with van der Waals surface area (Å²) in [6.45, 7) is 1.99. The minimum absolute atomic E-state index is 0.0233. The number of nitrogens with one attached hydrogen (secondary N) is 1. The van der Waals surface area contributed by atoms with Gasteiger partial charge in [-0.2, -0.15) is 0 Å². The van der Waals surface area contributed by atoms with Gasteiger partial charge in [-0.3, -0.25) is 4.79 Å². The highest BCUT2D eigenvalue weighted by molar-refractivity contribution is 8.00. The summed E-state index contributed by atoms with van der Waals surface area (Å²) in [5.41, 5.74) is 1.11. The third-order valence-electron chi connectivity index (χ3n) is 3.11. The molecule has 1 atom stereocenters. The van der Waals surface area contributed by atoms with Crippen molar-refractivity contribution in [2.75, 3.05) is 12.9 Å². The molecular weight excluding hydrogens is 282 g/mol. The Morgan fingerprint density at radius 3 is 2.43 bits per heavy atom. The Bertz CT molecular complexity index is 569. The van der Waals surface area contributed by atoms with Gasteiger partial charge in [0.1, 0.15) is 5.75 Å². The van der Waals surface area contributed by atoms with E-state index >= 15 is 0 Å². The van der Waals surface area contributed by atoms with Gasteiger partial charge < -0.3 is 10.1 Å². The molecule has 0 aliphatic heterocycles. The fraction of sp³-hybridized carbons (Fsp3) is 0.235. The fourth-order valence-corrected chi connectivity index (χ4v) is 2.64. The van der Waals surface area contributed by atoms with Crippen molar-refractivity contribution in [3.63, 3.8) is 0 Å². The van der Waals surface area contributed by atoms with Gasteiger partial charge in [0, 0.05) is 4.90 Å². The van der Waals surface area contributed by atoms with Crippen LogP contribution in [0.2, 0.25) is 0 Å². The van der Waals surface area contributed by atoms with E-state index in [1.165, 1.54) is 11.8 Å². The smallest absolute Gasteiger partial charge is 0.230 e. The van der Waals surface area contributed by atoms with Crippen molar-refractivity contribution in [3.8, 4) is 5.75 Å². The summed E-state index contributed by atoms with van der Waals surface area (Å²) in [6, 6.07) is 17.7. The van der Waals surface area contributed by atoms with E-state index in [1.807, 2.05) is 61.5 Å². The van der Waals surface area contributed by atoms with Crippen LogP contribution in [0.4, 0.5) is 0 Å². The molecule has 21 heavy (non-hydrogen) atoms. The van der Waals surface area contributed by atoms with Crippen LogP contribution in [0.5, 0.6) is 5.75 Å². The minimum Gasteiger partial charge on any atom is -0.497 e. The van der Waals surface area contributed by atoms with Gasteiger partial charge >= 0.3 is 0 Å². The zero-order chi connectivity index (χ0) is 15.1. The minimum atomic E-state index is 0.0233. The summed E-state index contributed by atoms with van der Waals surface area (Å²) in [6.07, 6.45) is 0. The predicted octanol–water partition coefficient (Wildman–Crippen LogP) is 3.66. The van der Waals surface area contributed by atoms with Crippen LogP contribution < -0.4 is 10.1 Å². The van der Waals surface area contributed by atoms with Gasteiger partial charge in [-0.1, -0.05) is 30.3 Å². The van der Waals surface area contributed by atoms with Crippen LogP contribution in [0.3, 0.4) is 0 Å². The van der Waals surface area contributed by atoms with E-state index < -0.39 is 0 Å². The van der Waals surface area contributed by atoms with Gasteiger partial charge in [-0.25, -0.2) is 0 Å². The number of rotatable bonds is 6. The highest BCUT2D eigenvalue weighted by atomic mass is 32.2. The van der Waals surface area contributed by atoms with Crippen LogP contribution in [0.1, 0.15) is 18.5 Å². The molecule has 4 heteroatoms. The number of hydrogen-bond donors (Lipinski definition) is 1. The summed E-state index contributed by atoms with van der Waals surface area (Å²) in [4.78, 5) is 13.0. The highest BCUT2D eigenvalue weighted by Gasteiger charge is 2.09. The maximum atomic E-state index is 12.0. The lowest BCUT2D eigenvalue weighted by atomic mass is 10.1. The molecule has 0 saturated heterocycles. The van der Waals surface area contributed by atoms with Crippen molar-refractivity contribution < 1.29 is 9.53 Å². The number of ether oxygens (including phenoxy) is 1. The van der Waals surface area contributed by atoms with E-state index in [4.69, 9.17) is 4.74 Å². The summed E-state index contributed by atoms with van der Waals surface area (Å²) in [5, 5.41) is 3.00. The van der Waals surface area contributed by atoms with E-state index in [9.17, 15) is 4.79 Å². The Labute approximate surface area is 129 Å². The summed E-state index contributed by atoms with van der Waals surface area (Å²) in [7, 11) is 1.64. The fourth-order valence-electron chi connectivity index (χ4n) is 1.93. The van der Waals surface area contributed by atoms with Gasteiger partial charge in [0.25, 0.3) is 0 Å². The van der Waals surface area contributed by atoms with Gasteiger partial charge in [0.05, 0.1) is 18.9 Å². The molecule has 3 nitrogen and oxygen atoms in total. The molecule has 0 fully saturated rings. The Morgan fingerprint density at radius 1 is 1.14 bits per heavy atom. The third kappa shape index (κ3) is 4.83. The van der Waals surface area contributed by atoms with E-state index in [1.54, 1.807) is 7.11 Å². The maximum absolute atomic E-state index is 12.0. The van der Waals surface area contributed by atoms with Crippen LogP contribution in [-0.4, -0.2) is 18.8 Å². The SMILES string of the molecule is COc1ccc(SCC(=O)N[C@H](C)c2ccccc2)cc1. The van der Waals surface area contributed by atoms with E-state index in [0.29, 0.717) is 5.75 Å². The number of carbonyl (C=O) groups excluding carboxylic acids is 1. The molecule has 0 bridgehead atoms. The average molecular weight is 301 g/mol. The lowest BCUT2D eigenvalue weighted by Crippen LogP contribution is -2.28. The average Bonchev–Trinajstić information content (AvgIpc) is 2.54. The summed E-state index contributed by atoms with van der Waals surface area (Å²) >= 11 is 1.52. The van der Waals surface area contributed by atoms with Crippen LogP contribution in [0.25, 0.3) is 0 Å². The number of hydrogen-bond acceptors (Lipinski definition) is 3.